The Bertz CT molecular complexity index is 541. The van der Waals surface area contributed by atoms with E-state index in [0.717, 1.165) is 0 Å². The number of rotatable bonds is 9. The SMILES string of the molecule is CCCC(=O)Oc1cccc(OC(=O)CCC)c1OC(=O)CCC. The van der Waals surface area contributed by atoms with Crippen LogP contribution >= 0.6 is 0 Å². The number of carbonyl (C=O) groups excluding carboxylic acids is 3. The highest BCUT2D eigenvalue weighted by molar-refractivity contribution is 5.79. The number of hydrogen-bond donors (Lipinski definition) is 0. The average Bonchev–Trinajstić information content (AvgIpc) is 2.51. The van der Waals surface area contributed by atoms with Gasteiger partial charge in [0.25, 0.3) is 0 Å². The van der Waals surface area contributed by atoms with Crippen LogP contribution in [-0.2, 0) is 14.4 Å². The Morgan fingerprint density at radius 1 is 0.708 bits per heavy atom. The summed E-state index contributed by atoms with van der Waals surface area (Å²) < 4.78 is 15.8. The first-order valence-electron chi connectivity index (χ1n) is 8.26. The van der Waals surface area contributed by atoms with Crippen LogP contribution in [0.1, 0.15) is 59.3 Å². The second kappa shape index (κ2) is 10.4. The zero-order valence-corrected chi connectivity index (χ0v) is 14.4. The predicted molar refractivity (Wildman–Crippen MR) is 88.1 cm³/mol. The van der Waals surface area contributed by atoms with E-state index in [1.54, 1.807) is 6.07 Å². The van der Waals surface area contributed by atoms with Gasteiger partial charge in [0.15, 0.2) is 11.5 Å². The molecule has 0 aliphatic heterocycles. The molecule has 0 atom stereocenters. The van der Waals surface area contributed by atoms with Gasteiger partial charge in [0.1, 0.15) is 0 Å². The molecule has 1 aromatic rings. The molecule has 0 spiro atoms. The molecular formula is C18H24O6. The summed E-state index contributed by atoms with van der Waals surface area (Å²) in [4.78, 5) is 35.3. The maximum Gasteiger partial charge on any atom is 0.311 e. The van der Waals surface area contributed by atoms with Gasteiger partial charge in [-0.3, -0.25) is 14.4 Å². The van der Waals surface area contributed by atoms with Crippen molar-refractivity contribution >= 4 is 17.9 Å². The van der Waals surface area contributed by atoms with Gasteiger partial charge in [-0.25, -0.2) is 0 Å². The monoisotopic (exact) mass is 336 g/mol. The van der Waals surface area contributed by atoms with Gasteiger partial charge in [-0.2, -0.15) is 0 Å². The molecule has 0 N–H and O–H groups in total. The third-order valence-electron chi connectivity index (χ3n) is 2.97. The van der Waals surface area contributed by atoms with Crippen LogP contribution < -0.4 is 14.2 Å². The molecule has 0 saturated heterocycles. The summed E-state index contributed by atoms with van der Waals surface area (Å²) in [6.07, 6.45) is 2.56. The van der Waals surface area contributed by atoms with Crippen LogP contribution in [0.2, 0.25) is 0 Å². The molecule has 1 aromatic carbocycles. The Morgan fingerprint density at radius 3 is 1.46 bits per heavy atom. The topological polar surface area (TPSA) is 78.9 Å². The molecule has 0 aromatic heterocycles. The van der Waals surface area contributed by atoms with E-state index in [2.05, 4.69) is 0 Å². The Balaban J connectivity index is 3.09. The summed E-state index contributed by atoms with van der Waals surface area (Å²) >= 11 is 0. The highest BCUT2D eigenvalue weighted by Gasteiger charge is 2.20. The zero-order chi connectivity index (χ0) is 17.9. The van der Waals surface area contributed by atoms with E-state index in [9.17, 15) is 14.4 Å². The van der Waals surface area contributed by atoms with Crippen LogP contribution in [0.15, 0.2) is 18.2 Å². The average molecular weight is 336 g/mol. The first kappa shape index (κ1) is 19.7. The molecular weight excluding hydrogens is 312 g/mol. The van der Waals surface area contributed by atoms with Crippen LogP contribution in [0.5, 0.6) is 17.2 Å². The molecule has 6 heteroatoms. The van der Waals surface area contributed by atoms with Gasteiger partial charge in [0.2, 0.25) is 5.75 Å². The van der Waals surface area contributed by atoms with E-state index in [4.69, 9.17) is 14.2 Å². The number of ether oxygens (including phenoxy) is 3. The Labute approximate surface area is 142 Å². The lowest BCUT2D eigenvalue weighted by atomic mass is 10.2. The van der Waals surface area contributed by atoms with E-state index >= 15 is 0 Å². The van der Waals surface area contributed by atoms with E-state index in [-0.39, 0.29) is 36.5 Å². The van der Waals surface area contributed by atoms with Crippen molar-refractivity contribution in [2.75, 3.05) is 0 Å². The van der Waals surface area contributed by atoms with Crippen LogP contribution in [0, 0.1) is 0 Å². The molecule has 0 amide bonds. The van der Waals surface area contributed by atoms with Crippen molar-refractivity contribution in [3.63, 3.8) is 0 Å². The second-order valence-electron chi connectivity index (χ2n) is 5.26. The van der Waals surface area contributed by atoms with Crippen molar-refractivity contribution in [3.05, 3.63) is 18.2 Å². The molecule has 0 fully saturated rings. The lowest BCUT2D eigenvalue weighted by Crippen LogP contribution is -2.14. The maximum atomic E-state index is 11.8. The summed E-state index contributed by atoms with van der Waals surface area (Å²) in [7, 11) is 0. The minimum absolute atomic E-state index is 0.0372. The predicted octanol–water partition coefficient (Wildman–Crippen LogP) is 3.80. The zero-order valence-electron chi connectivity index (χ0n) is 14.4. The fraction of sp³-hybridized carbons (Fsp3) is 0.500. The molecule has 0 aliphatic carbocycles. The fourth-order valence-electron chi connectivity index (χ4n) is 1.88. The van der Waals surface area contributed by atoms with Gasteiger partial charge in [0, 0.05) is 19.3 Å². The van der Waals surface area contributed by atoms with Gasteiger partial charge < -0.3 is 14.2 Å². The van der Waals surface area contributed by atoms with Gasteiger partial charge in [-0.05, 0) is 31.4 Å². The van der Waals surface area contributed by atoms with Gasteiger partial charge in [0.05, 0.1) is 0 Å². The van der Waals surface area contributed by atoms with E-state index in [1.807, 2.05) is 20.8 Å². The van der Waals surface area contributed by atoms with Crippen LogP contribution in [0.25, 0.3) is 0 Å². The fourth-order valence-corrected chi connectivity index (χ4v) is 1.88. The van der Waals surface area contributed by atoms with Crippen LogP contribution in [-0.4, -0.2) is 17.9 Å². The molecule has 0 aliphatic rings. The van der Waals surface area contributed by atoms with Crippen molar-refractivity contribution in [2.24, 2.45) is 0 Å². The third kappa shape index (κ3) is 6.40. The second-order valence-corrected chi connectivity index (χ2v) is 5.26. The summed E-state index contributed by atoms with van der Waals surface area (Å²) in [5.74, 6) is -1.27. The van der Waals surface area contributed by atoms with Gasteiger partial charge in [-0.1, -0.05) is 26.8 Å². The van der Waals surface area contributed by atoms with Crippen LogP contribution in [0.4, 0.5) is 0 Å². The largest absolute Gasteiger partial charge is 0.422 e. The number of para-hydroxylation sites is 1. The van der Waals surface area contributed by atoms with Crippen molar-refractivity contribution < 1.29 is 28.6 Å². The lowest BCUT2D eigenvalue weighted by molar-refractivity contribution is -0.138. The minimum atomic E-state index is -0.482. The molecule has 0 unspecified atom stereocenters. The van der Waals surface area contributed by atoms with Gasteiger partial charge >= 0.3 is 17.9 Å². The van der Waals surface area contributed by atoms with Crippen LogP contribution in [0.3, 0.4) is 0 Å². The molecule has 1 rings (SSSR count). The summed E-state index contributed by atoms with van der Waals surface area (Å²) in [5, 5.41) is 0. The Hall–Kier alpha value is -2.37. The number of carbonyl (C=O) groups is 3. The highest BCUT2D eigenvalue weighted by atomic mass is 16.6. The standard InChI is InChI=1S/C18H24O6/c1-4-8-15(19)22-13-11-7-12-14(23-16(20)9-5-2)18(13)24-17(21)10-6-3/h7,11-12H,4-6,8-10H2,1-3H3. The van der Waals surface area contributed by atoms with Gasteiger partial charge in [-0.15, -0.1) is 0 Å². The lowest BCUT2D eigenvalue weighted by Gasteiger charge is -2.14. The quantitative estimate of drug-likeness (QED) is 0.504. The molecule has 0 heterocycles. The Kier molecular flexibility index (Phi) is 8.54. The van der Waals surface area contributed by atoms with E-state index < -0.39 is 17.9 Å². The minimum Gasteiger partial charge on any atom is -0.422 e. The molecule has 6 nitrogen and oxygen atoms in total. The summed E-state index contributed by atoms with van der Waals surface area (Å²) in [6.45, 7) is 5.55. The molecule has 0 saturated carbocycles. The van der Waals surface area contributed by atoms with Crippen molar-refractivity contribution in [1.29, 1.82) is 0 Å². The first-order chi connectivity index (χ1) is 11.5. The normalized spacial score (nSPS) is 10.1. The number of hydrogen-bond acceptors (Lipinski definition) is 6. The summed E-state index contributed by atoms with van der Waals surface area (Å²) in [5.41, 5.74) is 0. The van der Waals surface area contributed by atoms with Crippen molar-refractivity contribution in [2.45, 2.75) is 59.3 Å². The molecule has 0 radical (unpaired) electrons. The molecule has 24 heavy (non-hydrogen) atoms. The third-order valence-corrected chi connectivity index (χ3v) is 2.97. The number of esters is 3. The highest BCUT2D eigenvalue weighted by Crippen LogP contribution is 2.38. The Morgan fingerprint density at radius 2 is 1.08 bits per heavy atom. The van der Waals surface area contributed by atoms with E-state index in [0.29, 0.717) is 19.3 Å². The van der Waals surface area contributed by atoms with Crippen molar-refractivity contribution in [3.8, 4) is 17.2 Å². The van der Waals surface area contributed by atoms with E-state index in [1.165, 1.54) is 12.1 Å². The maximum absolute atomic E-state index is 11.8. The smallest absolute Gasteiger partial charge is 0.311 e. The molecule has 0 bridgehead atoms. The number of benzene rings is 1. The van der Waals surface area contributed by atoms with Crippen molar-refractivity contribution in [1.82, 2.24) is 0 Å². The molecule has 132 valence electrons. The first-order valence-corrected chi connectivity index (χ1v) is 8.26. The summed E-state index contributed by atoms with van der Waals surface area (Å²) in [6, 6.07) is 4.57.